The lowest BCUT2D eigenvalue weighted by Crippen LogP contribution is -1.91. The molecular formula is C19H10Cl2N2O2. The summed E-state index contributed by atoms with van der Waals surface area (Å²) in [5, 5.41) is 22.8. The minimum absolute atomic E-state index is 0.0455. The molecule has 0 atom stereocenters. The number of hydrogen-bond donors (Lipinski definition) is 0. The first-order valence-electron chi connectivity index (χ1n) is 7.24. The number of hydrogen-bond acceptors (Lipinski definition) is 3. The summed E-state index contributed by atoms with van der Waals surface area (Å²) in [7, 11) is 0. The number of nitrogens with zero attached hydrogens (tertiary/aromatic N) is 2. The van der Waals surface area contributed by atoms with Gasteiger partial charge in [-0.3, -0.25) is 10.1 Å². The van der Waals surface area contributed by atoms with Gasteiger partial charge >= 0.3 is 0 Å². The van der Waals surface area contributed by atoms with E-state index in [-0.39, 0.29) is 15.7 Å². The summed E-state index contributed by atoms with van der Waals surface area (Å²) in [6.45, 7) is 0. The Morgan fingerprint density at radius 3 is 2.52 bits per heavy atom. The van der Waals surface area contributed by atoms with Gasteiger partial charge in [-0.15, -0.1) is 0 Å². The third-order valence-electron chi connectivity index (χ3n) is 3.76. The van der Waals surface area contributed by atoms with Crippen molar-refractivity contribution in [2.24, 2.45) is 0 Å². The Balaban J connectivity index is 2.21. The van der Waals surface area contributed by atoms with Gasteiger partial charge in [-0.25, -0.2) is 0 Å². The van der Waals surface area contributed by atoms with Crippen LogP contribution in [0.25, 0.3) is 22.4 Å². The molecule has 3 aromatic carbocycles. The van der Waals surface area contributed by atoms with Gasteiger partial charge in [0, 0.05) is 22.2 Å². The van der Waals surface area contributed by atoms with E-state index in [1.165, 1.54) is 18.2 Å². The Bertz CT molecular complexity index is 1060. The Labute approximate surface area is 153 Å². The van der Waals surface area contributed by atoms with Crippen molar-refractivity contribution in [3.63, 3.8) is 0 Å². The zero-order valence-electron chi connectivity index (χ0n) is 12.7. The van der Waals surface area contributed by atoms with Crippen LogP contribution in [-0.4, -0.2) is 4.92 Å². The van der Waals surface area contributed by atoms with Crippen LogP contribution in [-0.2, 0) is 0 Å². The van der Waals surface area contributed by atoms with Gasteiger partial charge in [0.25, 0.3) is 5.69 Å². The number of halogens is 2. The second-order valence-electron chi connectivity index (χ2n) is 5.28. The van der Waals surface area contributed by atoms with E-state index in [0.717, 1.165) is 16.3 Å². The zero-order chi connectivity index (χ0) is 18.0. The first-order valence-corrected chi connectivity index (χ1v) is 8.00. The Morgan fingerprint density at radius 2 is 1.80 bits per heavy atom. The molecule has 4 nitrogen and oxygen atoms in total. The molecule has 0 radical (unpaired) electrons. The number of rotatable bonds is 3. The molecule has 0 saturated heterocycles. The molecule has 0 bridgehead atoms. The van der Waals surface area contributed by atoms with Crippen LogP contribution >= 0.6 is 23.2 Å². The molecule has 6 heteroatoms. The minimum Gasteiger partial charge on any atom is -0.258 e. The molecule has 0 spiro atoms. The first kappa shape index (κ1) is 17.0. The molecule has 0 fully saturated rings. The van der Waals surface area contributed by atoms with E-state index in [0.29, 0.717) is 11.1 Å². The van der Waals surface area contributed by atoms with Crippen molar-refractivity contribution < 1.29 is 4.92 Å². The third kappa shape index (κ3) is 3.34. The molecule has 0 aliphatic heterocycles. The van der Waals surface area contributed by atoms with Crippen molar-refractivity contribution in [3.8, 4) is 6.07 Å². The summed E-state index contributed by atoms with van der Waals surface area (Å²) in [6, 6.07) is 18.0. The SMILES string of the molecule is N#C/C(=C\c1cc([N+](=O)[O-])c(Cl)cc1Cl)c1cccc2ccccc12. The van der Waals surface area contributed by atoms with Gasteiger partial charge < -0.3 is 0 Å². The molecule has 0 unspecified atom stereocenters. The topological polar surface area (TPSA) is 66.9 Å². The highest BCUT2D eigenvalue weighted by Crippen LogP contribution is 2.34. The highest BCUT2D eigenvalue weighted by atomic mass is 35.5. The van der Waals surface area contributed by atoms with E-state index >= 15 is 0 Å². The maximum atomic E-state index is 11.1. The van der Waals surface area contributed by atoms with Gasteiger partial charge in [-0.1, -0.05) is 65.7 Å². The van der Waals surface area contributed by atoms with Crippen LogP contribution in [0.2, 0.25) is 10.0 Å². The van der Waals surface area contributed by atoms with Crippen LogP contribution in [0, 0.1) is 21.4 Å². The van der Waals surface area contributed by atoms with Gasteiger partial charge in [-0.2, -0.15) is 5.26 Å². The number of nitro benzene ring substituents is 1. The Hall–Kier alpha value is -2.87. The molecule has 3 rings (SSSR count). The molecule has 0 saturated carbocycles. The Morgan fingerprint density at radius 1 is 1.08 bits per heavy atom. The summed E-state index contributed by atoms with van der Waals surface area (Å²) < 4.78 is 0. The molecular weight excluding hydrogens is 359 g/mol. The fraction of sp³-hybridized carbons (Fsp3) is 0. The maximum absolute atomic E-state index is 11.1. The molecule has 0 N–H and O–H groups in total. The van der Waals surface area contributed by atoms with Crippen LogP contribution in [0.5, 0.6) is 0 Å². The second-order valence-corrected chi connectivity index (χ2v) is 6.09. The van der Waals surface area contributed by atoms with Crippen molar-refractivity contribution in [2.75, 3.05) is 0 Å². The second kappa shape index (κ2) is 6.94. The van der Waals surface area contributed by atoms with E-state index < -0.39 is 4.92 Å². The largest absolute Gasteiger partial charge is 0.288 e. The van der Waals surface area contributed by atoms with Gasteiger partial charge in [0.15, 0.2) is 0 Å². The van der Waals surface area contributed by atoms with Gasteiger partial charge in [0.1, 0.15) is 5.02 Å². The van der Waals surface area contributed by atoms with E-state index in [1.54, 1.807) is 0 Å². The quantitative estimate of drug-likeness (QED) is 0.242. The van der Waals surface area contributed by atoms with E-state index in [1.807, 2.05) is 42.5 Å². The summed E-state index contributed by atoms with van der Waals surface area (Å²) in [4.78, 5) is 10.5. The lowest BCUT2D eigenvalue weighted by molar-refractivity contribution is -0.384. The van der Waals surface area contributed by atoms with Crippen molar-refractivity contribution in [1.82, 2.24) is 0 Å². The normalized spacial score (nSPS) is 11.3. The number of nitriles is 1. The predicted molar refractivity (Wildman–Crippen MR) is 101 cm³/mol. The average molecular weight is 369 g/mol. The van der Waals surface area contributed by atoms with Crippen LogP contribution < -0.4 is 0 Å². The molecule has 0 heterocycles. The molecule has 0 aromatic heterocycles. The minimum atomic E-state index is -0.583. The smallest absolute Gasteiger partial charge is 0.258 e. The number of nitro groups is 1. The fourth-order valence-corrected chi connectivity index (χ4v) is 3.10. The predicted octanol–water partition coefficient (Wildman–Crippen LogP) is 6.12. The molecule has 0 aliphatic carbocycles. The van der Waals surface area contributed by atoms with Gasteiger partial charge in [-0.05, 0) is 22.9 Å². The molecule has 0 aliphatic rings. The summed E-state index contributed by atoms with van der Waals surface area (Å²) in [6.07, 6.45) is 1.54. The highest BCUT2D eigenvalue weighted by Gasteiger charge is 2.16. The lowest BCUT2D eigenvalue weighted by atomic mass is 9.97. The van der Waals surface area contributed by atoms with Crippen molar-refractivity contribution in [3.05, 3.63) is 85.9 Å². The number of allylic oxidation sites excluding steroid dienone is 1. The lowest BCUT2D eigenvalue weighted by Gasteiger charge is -2.07. The first-order chi connectivity index (χ1) is 12.0. The zero-order valence-corrected chi connectivity index (χ0v) is 14.3. The number of fused-ring (bicyclic) bond motifs is 1. The van der Waals surface area contributed by atoms with E-state index in [2.05, 4.69) is 6.07 Å². The average Bonchev–Trinajstić information content (AvgIpc) is 2.60. The Kier molecular flexibility index (Phi) is 4.71. The maximum Gasteiger partial charge on any atom is 0.288 e. The molecule has 3 aromatic rings. The highest BCUT2D eigenvalue weighted by molar-refractivity contribution is 6.37. The van der Waals surface area contributed by atoms with Crippen LogP contribution in [0.15, 0.2) is 54.6 Å². The molecule has 0 amide bonds. The number of benzene rings is 3. The summed E-state index contributed by atoms with van der Waals surface area (Å²) >= 11 is 12.0. The van der Waals surface area contributed by atoms with E-state index in [9.17, 15) is 15.4 Å². The summed E-state index contributed by atoms with van der Waals surface area (Å²) in [5.74, 6) is 0. The van der Waals surface area contributed by atoms with Crippen molar-refractivity contribution in [2.45, 2.75) is 0 Å². The van der Waals surface area contributed by atoms with E-state index in [4.69, 9.17) is 23.2 Å². The monoisotopic (exact) mass is 368 g/mol. The third-order valence-corrected chi connectivity index (χ3v) is 4.39. The van der Waals surface area contributed by atoms with Crippen LogP contribution in [0.1, 0.15) is 11.1 Å². The molecule has 25 heavy (non-hydrogen) atoms. The van der Waals surface area contributed by atoms with Crippen molar-refractivity contribution >= 4 is 51.3 Å². The standard InChI is InChI=1S/C19H10Cl2N2O2/c20-17-10-18(21)19(23(24)25)9-13(17)8-14(11-22)16-7-3-5-12-4-1-2-6-15(12)16/h1-10H/b14-8+. The summed E-state index contributed by atoms with van der Waals surface area (Å²) in [5.41, 5.74) is 1.19. The van der Waals surface area contributed by atoms with Crippen LogP contribution in [0.4, 0.5) is 5.69 Å². The van der Waals surface area contributed by atoms with Crippen molar-refractivity contribution in [1.29, 1.82) is 5.26 Å². The van der Waals surface area contributed by atoms with Gasteiger partial charge in [0.2, 0.25) is 0 Å². The van der Waals surface area contributed by atoms with Gasteiger partial charge in [0.05, 0.1) is 16.6 Å². The molecule has 122 valence electrons. The van der Waals surface area contributed by atoms with Crippen LogP contribution in [0.3, 0.4) is 0 Å². The fourth-order valence-electron chi connectivity index (χ4n) is 2.59.